The minimum atomic E-state index is 0. The molecule has 0 atom stereocenters. The molecule has 2 rings (SSSR count). The Hall–Kier alpha value is -1.69. The maximum absolute atomic E-state index is 5.19. The second-order valence-electron chi connectivity index (χ2n) is 3.35. The van der Waals surface area contributed by atoms with E-state index in [9.17, 15) is 0 Å². The summed E-state index contributed by atoms with van der Waals surface area (Å²) in [4.78, 5) is 0. The van der Waals surface area contributed by atoms with Crippen molar-refractivity contribution in [2.24, 2.45) is 0 Å². The molecule has 2 aromatic rings. The van der Waals surface area contributed by atoms with Crippen LogP contribution in [0.25, 0.3) is 0 Å². The summed E-state index contributed by atoms with van der Waals surface area (Å²) in [6.07, 6.45) is 1.67. The van der Waals surface area contributed by atoms with Crippen LogP contribution in [0, 0.1) is 11.8 Å². The Labute approximate surface area is 107 Å². The van der Waals surface area contributed by atoms with Crippen molar-refractivity contribution >= 4 is 12.4 Å². The standard InChI is InChI=1S/C14H13NO.ClH/c1-2-6-13(7-3-1)8-4-10-15-12-14-9-5-11-16-14;/h1-3,5-7,9,11,15H,10,12H2;1H. The third kappa shape index (κ3) is 4.78. The first-order valence-electron chi connectivity index (χ1n) is 5.22. The van der Waals surface area contributed by atoms with Crippen molar-refractivity contribution in [3.63, 3.8) is 0 Å². The van der Waals surface area contributed by atoms with E-state index in [2.05, 4.69) is 17.2 Å². The summed E-state index contributed by atoms with van der Waals surface area (Å²) in [5.41, 5.74) is 1.04. The van der Waals surface area contributed by atoms with Crippen molar-refractivity contribution in [2.45, 2.75) is 6.54 Å². The molecule has 1 heterocycles. The summed E-state index contributed by atoms with van der Waals surface area (Å²) in [5, 5.41) is 3.19. The maximum atomic E-state index is 5.19. The number of hydrogen-bond donors (Lipinski definition) is 1. The molecule has 0 saturated heterocycles. The van der Waals surface area contributed by atoms with Crippen LogP contribution in [0.5, 0.6) is 0 Å². The molecule has 17 heavy (non-hydrogen) atoms. The van der Waals surface area contributed by atoms with E-state index in [1.54, 1.807) is 6.26 Å². The van der Waals surface area contributed by atoms with Gasteiger partial charge in [0, 0.05) is 5.56 Å². The normalized spacial score (nSPS) is 8.94. The molecule has 2 nitrogen and oxygen atoms in total. The molecule has 0 fully saturated rings. The van der Waals surface area contributed by atoms with Crippen molar-refractivity contribution in [2.75, 3.05) is 6.54 Å². The van der Waals surface area contributed by atoms with E-state index in [0.29, 0.717) is 6.54 Å². The van der Waals surface area contributed by atoms with Gasteiger partial charge in [0.15, 0.2) is 0 Å². The monoisotopic (exact) mass is 247 g/mol. The molecule has 1 N–H and O–H groups in total. The maximum Gasteiger partial charge on any atom is 0.117 e. The van der Waals surface area contributed by atoms with Crippen LogP contribution < -0.4 is 5.32 Å². The van der Waals surface area contributed by atoms with E-state index in [-0.39, 0.29) is 12.4 Å². The fourth-order valence-corrected chi connectivity index (χ4v) is 1.33. The zero-order valence-electron chi connectivity index (χ0n) is 9.35. The molecule has 0 bridgehead atoms. The Balaban J connectivity index is 0.00000144. The highest BCUT2D eigenvalue weighted by Crippen LogP contribution is 1.98. The van der Waals surface area contributed by atoms with Gasteiger partial charge in [-0.1, -0.05) is 30.0 Å². The minimum Gasteiger partial charge on any atom is -0.468 e. The Morgan fingerprint density at radius 3 is 2.59 bits per heavy atom. The third-order valence-corrected chi connectivity index (χ3v) is 2.10. The average Bonchev–Trinajstić information content (AvgIpc) is 2.83. The topological polar surface area (TPSA) is 25.2 Å². The molecule has 0 spiro atoms. The molecule has 88 valence electrons. The molecule has 0 aliphatic heterocycles. The van der Waals surface area contributed by atoms with Crippen LogP contribution >= 0.6 is 12.4 Å². The lowest BCUT2D eigenvalue weighted by molar-refractivity contribution is 0.491. The van der Waals surface area contributed by atoms with Gasteiger partial charge in [0.25, 0.3) is 0 Å². The predicted molar refractivity (Wildman–Crippen MR) is 71.0 cm³/mol. The van der Waals surface area contributed by atoms with Gasteiger partial charge in [-0.15, -0.1) is 12.4 Å². The molecule has 0 unspecified atom stereocenters. The average molecular weight is 248 g/mol. The fourth-order valence-electron chi connectivity index (χ4n) is 1.33. The van der Waals surface area contributed by atoms with Crippen molar-refractivity contribution in [1.29, 1.82) is 0 Å². The van der Waals surface area contributed by atoms with Gasteiger partial charge in [0.05, 0.1) is 19.4 Å². The number of hydrogen-bond acceptors (Lipinski definition) is 2. The number of benzene rings is 1. The number of furan rings is 1. The first kappa shape index (κ1) is 13.4. The van der Waals surface area contributed by atoms with Gasteiger partial charge in [-0.05, 0) is 24.3 Å². The zero-order chi connectivity index (χ0) is 11.1. The Bertz CT molecular complexity index is 468. The molecule has 0 saturated carbocycles. The second-order valence-corrected chi connectivity index (χ2v) is 3.35. The minimum absolute atomic E-state index is 0. The largest absolute Gasteiger partial charge is 0.468 e. The Morgan fingerprint density at radius 1 is 1.06 bits per heavy atom. The second kappa shape index (κ2) is 7.56. The van der Waals surface area contributed by atoms with Crippen LogP contribution in [0.3, 0.4) is 0 Å². The molecule has 1 aromatic carbocycles. The van der Waals surface area contributed by atoms with Crippen molar-refractivity contribution < 1.29 is 4.42 Å². The van der Waals surface area contributed by atoms with Crippen LogP contribution in [-0.2, 0) is 6.54 Å². The molecular formula is C14H14ClNO. The lowest BCUT2D eigenvalue weighted by Crippen LogP contribution is -2.12. The highest BCUT2D eigenvalue weighted by molar-refractivity contribution is 5.85. The van der Waals surface area contributed by atoms with Crippen molar-refractivity contribution in [1.82, 2.24) is 5.32 Å². The van der Waals surface area contributed by atoms with Crippen molar-refractivity contribution in [3.8, 4) is 11.8 Å². The molecule has 0 amide bonds. The molecule has 1 aromatic heterocycles. The van der Waals surface area contributed by atoms with E-state index in [0.717, 1.165) is 17.9 Å². The van der Waals surface area contributed by atoms with Gasteiger partial charge in [-0.25, -0.2) is 0 Å². The van der Waals surface area contributed by atoms with Crippen LogP contribution in [0.15, 0.2) is 53.1 Å². The van der Waals surface area contributed by atoms with E-state index in [1.807, 2.05) is 42.5 Å². The Kier molecular flexibility index (Phi) is 5.95. The molecule has 3 heteroatoms. The summed E-state index contributed by atoms with van der Waals surface area (Å²) in [5.74, 6) is 7.07. The molecule has 0 radical (unpaired) electrons. The summed E-state index contributed by atoms with van der Waals surface area (Å²) in [6, 6.07) is 13.8. The van der Waals surface area contributed by atoms with E-state index < -0.39 is 0 Å². The van der Waals surface area contributed by atoms with Crippen LogP contribution in [0.4, 0.5) is 0 Å². The van der Waals surface area contributed by atoms with Gasteiger partial charge in [-0.2, -0.15) is 0 Å². The number of halogens is 1. The molecular weight excluding hydrogens is 234 g/mol. The van der Waals surface area contributed by atoms with Gasteiger partial charge in [0.1, 0.15) is 5.76 Å². The smallest absolute Gasteiger partial charge is 0.117 e. The van der Waals surface area contributed by atoms with Crippen LogP contribution in [0.1, 0.15) is 11.3 Å². The highest BCUT2D eigenvalue weighted by Gasteiger charge is 1.91. The summed E-state index contributed by atoms with van der Waals surface area (Å²) in [6.45, 7) is 1.38. The van der Waals surface area contributed by atoms with Crippen molar-refractivity contribution in [3.05, 3.63) is 60.1 Å². The Morgan fingerprint density at radius 2 is 1.88 bits per heavy atom. The lowest BCUT2D eigenvalue weighted by atomic mass is 10.2. The predicted octanol–water partition coefficient (Wildman–Crippen LogP) is 2.84. The van der Waals surface area contributed by atoms with Crippen LogP contribution in [-0.4, -0.2) is 6.54 Å². The summed E-state index contributed by atoms with van der Waals surface area (Å²) in [7, 11) is 0. The first-order chi connectivity index (χ1) is 7.95. The molecule has 0 aliphatic carbocycles. The highest BCUT2D eigenvalue weighted by atomic mass is 35.5. The lowest BCUT2D eigenvalue weighted by Gasteiger charge is -1.95. The van der Waals surface area contributed by atoms with Crippen LogP contribution in [0.2, 0.25) is 0 Å². The number of nitrogens with one attached hydrogen (secondary N) is 1. The first-order valence-corrected chi connectivity index (χ1v) is 5.22. The summed E-state index contributed by atoms with van der Waals surface area (Å²) < 4.78 is 5.19. The fraction of sp³-hybridized carbons (Fsp3) is 0.143. The zero-order valence-corrected chi connectivity index (χ0v) is 10.2. The van der Waals surface area contributed by atoms with Gasteiger partial charge in [0.2, 0.25) is 0 Å². The number of rotatable bonds is 3. The van der Waals surface area contributed by atoms with Gasteiger partial charge < -0.3 is 4.42 Å². The van der Waals surface area contributed by atoms with E-state index in [4.69, 9.17) is 4.42 Å². The third-order valence-electron chi connectivity index (χ3n) is 2.10. The molecule has 0 aliphatic rings. The van der Waals surface area contributed by atoms with E-state index >= 15 is 0 Å². The SMILES string of the molecule is C(#Cc1ccccc1)CNCc1ccco1.Cl. The van der Waals surface area contributed by atoms with Gasteiger partial charge >= 0.3 is 0 Å². The summed E-state index contributed by atoms with van der Waals surface area (Å²) >= 11 is 0. The van der Waals surface area contributed by atoms with Gasteiger partial charge in [-0.3, -0.25) is 5.32 Å². The van der Waals surface area contributed by atoms with E-state index in [1.165, 1.54) is 0 Å². The quantitative estimate of drug-likeness (QED) is 0.667.